The van der Waals surface area contributed by atoms with Crippen LogP contribution in [0.15, 0.2) is 4.47 Å². The van der Waals surface area contributed by atoms with E-state index in [-0.39, 0.29) is 0 Å². The second-order valence-electron chi connectivity index (χ2n) is 4.46. The Bertz CT molecular complexity index is 460. The Balaban J connectivity index is 2.05. The van der Waals surface area contributed by atoms with Gasteiger partial charge in [0.25, 0.3) is 0 Å². The first-order chi connectivity index (χ1) is 8.49. The molecule has 100 valence electrons. The molecule has 6 nitrogen and oxygen atoms in total. The van der Waals surface area contributed by atoms with Gasteiger partial charge >= 0.3 is 0 Å². The van der Waals surface area contributed by atoms with Crippen LogP contribution in [0.5, 0.6) is 0 Å². The van der Waals surface area contributed by atoms with Crippen molar-refractivity contribution in [3.05, 3.63) is 15.9 Å². The van der Waals surface area contributed by atoms with E-state index >= 15 is 0 Å². The summed E-state index contributed by atoms with van der Waals surface area (Å²) in [7, 11) is 0. The Morgan fingerprint density at radius 2 is 2.33 bits per heavy atom. The van der Waals surface area contributed by atoms with E-state index in [9.17, 15) is 4.79 Å². The summed E-state index contributed by atoms with van der Waals surface area (Å²) in [6.45, 7) is 6.43. The average molecular weight is 317 g/mol. The number of aromatic nitrogens is 2. The van der Waals surface area contributed by atoms with E-state index in [4.69, 9.17) is 10.5 Å². The molecule has 0 radical (unpaired) electrons. The van der Waals surface area contributed by atoms with Crippen molar-refractivity contribution in [2.24, 2.45) is 5.73 Å². The van der Waals surface area contributed by atoms with Crippen molar-refractivity contribution in [3.63, 3.8) is 0 Å². The zero-order valence-electron chi connectivity index (χ0n) is 10.5. The van der Waals surface area contributed by atoms with Crippen LogP contribution in [0.3, 0.4) is 0 Å². The monoisotopic (exact) mass is 316 g/mol. The summed E-state index contributed by atoms with van der Waals surface area (Å²) in [6, 6.07) is 0. The largest absolute Gasteiger partial charge is 0.367 e. The molecule has 1 aromatic heterocycles. The molecule has 0 unspecified atom stereocenters. The van der Waals surface area contributed by atoms with Gasteiger partial charge in [0.2, 0.25) is 5.91 Å². The van der Waals surface area contributed by atoms with Gasteiger partial charge in [-0.2, -0.15) is 5.10 Å². The Morgan fingerprint density at radius 3 is 2.89 bits per heavy atom. The third-order valence-corrected chi connectivity index (χ3v) is 4.24. The van der Waals surface area contributed by atoms with E-state index in [0.29, 0.717) is 19.8 Å². The van der Waals surface area contributed by atoms with Crippen LogP contribution in [-0.4, -0.2) is 46.4 Å². The lowest BCUT2D eigenvalue weighted by Gasteiger charge is -2.31. The number of rotatable bonds is 3. The van der Waals surface area contributed by atoms with Gasteiger partial charge in [0.15, 0.2) is 0 Å². The maximum Gasteiger partial charge on any atom is 0.247 e. The van der Waals surface area contributed by atoms with Crippen molar-refractivity contribution in [3.8, 4) is 0 Å². The van der Waals surface area contributed by atoms with Crippen LogP contribution in [0.4, 0.5) is 0 Å². The average Bonchev–Trinajstić information content (AvgIpc) is 2.57. The van der Waals surface area contributed by atoms with Gasteiger partial charge in [0.05, 0.1) is 29.1 Å². The minimum Gasteiger partial charge on any atom is -0.367 e. The predicted molar refractivity (Wildman–Crippen MR) is 69.9 cm³/mol. The lowest BCUT2D eigenvalue weighted by molar-refractivity contribution is -0.136. The van der Waals surface area contributed by atoms with Gasteiger partial charge in [-0.15, -0.1) is 0 Å². The highest BCUT2D eigenvalue weighted by atomic mass is 79.9. The molecule has 0 aromatic carbocycles. The number of morpholine rings is 1. The van der Waals surface area contributed by atoms with Gasteiger partial charge in [-0.3, -0.25) is 14.4 Å². The fraction of sp³-hybridized carbons (Fsp3) is 0.636. The van der Waals surface area contributed by atoms with Crippen molar-refractivity contribution in [1.29, 1.82) is 0 Å². The molecule has 2 rings (SSSR count). The number of primary amides is 1. The van der Waals surface area contributed by atoms with Gasteiger partial charge in [-0.25, -0.2) is 0 Å². The molecular weight excluding hydrogens is 300 g/mol. The van der Waals surface area contributed by atoms with E-state index < -0.39 is 12.0 Å². The fourth-order valence-electron chi connectivity index (χ4n) is 2.01. The van der Waals surface area contributed by atoms with E-state index in [1.165, 1.54) is 0 Å². The summed E-state index contributed by atoms with van der Waals surface area (Å²) in [5.74, 6) is -0.408. The van der Waals surface area contributed by atoms with Crippen molar-refractivity contribution >= 4 is 21.8 Å². The zero-order chi connectivity index (χ0) is 13.3. The first-order valence-electron chi connectivity index (χ1n) is 5.82. The number of hydrogen-bond donors (Lipinski definition) is 1. The highest BCUT2D eigenvalue weighted by Gasteiger charge is 2.25. The van der Waals surface area contributed by atoms with Gasteiger partial charge in [-0.05, 0) is 29.8 Å². The van der Waals surface area contributed by atoms with Crippen LogP contribution < -0.4 is 5.73 Å². The predicted octanol–water partition coefficient (Wildman–Crippen LogP) is 0.406. The molecule has 2 heterocycles. The topological polar surface area (TPSA) is 73.4 Å². The van der Waals surface area contributed by atoms with Crippen molar-refractivity contribution < 1.29 is 9.53 Å². The lowest BCUT2D eigenvalue weighted by atomic mass is 10.3. The van der Waals surface area contributed by atoms with Crippen LogP contribution in [-0.2, 0) is 16.2 Å². The zero-order valence-corrected chi connectivity index (χ0v) is 12.1. The highest BCUT2D eigenvalue weighted by Crippen LogP contribution is 2.20. The number of nitrogens with zero attached hydrogens (tertiary/aromatic N) is 3. The number of carbonyl (C=O) groups excluding carboxylic acids is 1. The molecule has 1 saturated heterocycles. The lowest BCUT2D eigenvalue weighted by Crippen LogP contribution is -2.48. The Kier molecular flexibility index (Phi) is 4.04. The normalized spacial score (nSPS) is 21.2. The molecule has 1 aromatic rings. The van der Waals surface area contributed by atoms with E-state index in [0.717, 1.165) is 22.4 Å². The van der Waals surface area contributed by atoms with Crippen molar-refractivity contribution in [2.45, 2.75) is 26.6 Å². The van der Waals surface area contributed by atoms with Gasteiger partial charge in [0.1, 0.15) is 6.10 Å². The molecular formula is C11H17BrN4O2. The number of carbonyl (C=O) groups is 1. The summed E-state index contributed by atoms with van der Waals surface area (Å²) in [5, 5.41) is 4.44. The maximum atomic E-state index is 11.1. The summed E-state index contributed by atoms with van der Waals surface area (Å²) in [4.78, 5) is 13.2. The highest BCUT2D eigenvalue weighted by molar-refractivity contribution is 9.10. The van der Waals surface area contributed by atoms with Crippen molar-refractivity contribution in [2.75, 3.05) is 19.7 Å². The van der Waals surface area contributed by atoms with Crippen molar-refractivity contribution in [1.82, 2.24) is 14.7 Å². The van der Waals surface area contributed by atoms with Crippen LogP contribution >= 0.6 is 15.9 Å². The van der Waals surface area contributed by atoms with Crippen LogP contribution in [0, 0.1) is 13.8 Å². The summed E-state index contributed by atoms with van der Waals surface area (Å²) in [6.07, 6.45) is -0.515. The van der Waals surface area contributed by atoms with Crippen LogP contribution in [0.2, 0.25) is 0 Å². The Hall–Kier alpha value is -0.920. The Labute approximate surface area is 114 Å². The van der Waals surface area contributed by atoms with Gasteiger partial charge in [0, 0.05) is 13.1 Å². The number of halogens is 1. The molecule has 1 aliphatic heterocycles. The molecule has 7 heteroatoms. The number of ether oxygens (including phenoxy) is 1. The smallest absolute Gasteiger partial charge is 0.247 e. The van der Waals surface area contributed by atoms with E-state index in [2.05, 4.69) is 25.9 Å². The quantitative estimate of drug-likeness (QED) is 0.876. The van der Waals surface area contributed by atoms with Gasteiger partial charge in [-0.1, -0.05) is 0 Å². The third kappa shape index (κ3) is 2.73. The van der Waals surface area contributed by atoms with Crippen LogP contribution in [0.25, 0.3) is 0 Å². The number of amides is 1. The summed E-state index contributed by atoms with van der Waals surface area (Å²) >= 11 is 3.50. The van der Waals surface area contributed by atoms with E-state index in [1.807, 2.05) is 18.5 Å². The first-order valence-corrected chi connectivity index (χ1v) is 6.61. The Morgan fingerprint density at radius 1 is 1.61 bits per heavy atom. The minimum atomic E-state index is -0.515. The standard InChI is InChI=1S/C11H17BrN4O2/c1-7-10(12)8(2)16(14-7)6-15-3-4-18-9(5-15)11(13)17/h9H,3-6H2,1-2H3,(H2,13,17)/t9-/m0/s1. The second-order valence-corrected chi connectivity index (χ2v) is 5.26. The molecule has 0 aliphatic carbocycles. The molecule has 1 atom stereocenters. The van der Waals surface area contributed by atoms with E-state index in [1.54, 1.807) is 0 Å². The van der Waals surface area contributed by atoms with Crippen LogP contribution in [0.1, 0.15) is 11.4 Å². The second kappa shape index (κ2) is 5.38. The van der Waals surface area contributed by atoms with Gasteiger partial charge < -0.3 is 10.5 Å². The molecule has 2 N–H and O–H groups in total. The molecule has 1 aliphatic rings. The SMILES string of the molecule is Cc1nn(CN2CCO[C@H](C(N)=O)C2)c(C)c1Br. The minimum absolute atomic E-state index is 0.408. The molecule has 18 heavy (non-hydrogen) atoms. The maximum absolute atomic E-state index is 11.1. The molecule has 0 saturated carbocycles. The third-order valence-electron chi connectivity index (χ3n) is 3.10. The number of aryl methyl sites for hydroxylation is 1. The number of hydrogen-bond acceptors (Lipinski definition) is 4. The molecule has 0 spiro atoms. The fourth-order valence-corrected chi connectivity index (χ4v) is 2.29. The molecule has 1 fully saturated rings. The number of nitrogens with two attached hydrogens (primary N) is 1. The summed E-state index contributed by atoms with van der Waals surface area (Å²) < 4.78 is 8.26. The first kappa shape index (κ1) is 13.5. The summed E-state index contributed by atoms with van der Waals surface area (Å²) in [5.41, 5.74) is 7.30. The molecule has 0 bridgehead atoms. The molecule has 1 amide bonds.